The van der Waals surface area contributed by atoms with E-state index in [0.717, 1.165) is 9.38 Å². The van der Waals surface area contributed by atoms with Crippen molar-refractivity contribution in [1.29, 1.82) is 0 Å². The number of rotatable bonds is 0. The van der Waals surface area contributed by atoms with Crippen LogP contribution in [-0.4, -0.2) is 19.9 Å². The van der Waals surface area contributed by atoms with Crippen LogP contribution < -0.4 is 9.38 Å². The molecular formula is C3HNOSe. The molecule has 30 valence electrons. The van der Waals surface area contributed by atoms with Crippen LogP contribution in [0.3, 0.4) is 0 Å². The van der Waals surface area contributed by atoms with Crippen LogP contribution >= 0.6 is 0 Å². The summed E-state index contributed by atoms with van der Waals surface area (Å²) in [5.74, 6) is 0. The second kappa shape index (κ2) is 0.695. The molecule has 2 nitrogen and oxygen atoms in total. The van der Waals surface area contributed by atoms with Crippen molar-refractivity contribution >= 4 is 24.3 Å². The van der Waals surface area contributed by atoms with Crippen molar-refractivity contribution in [2.24, 2.45) is 0 Å². The van der Waals surface area contributed by atoms with E-state index in [9.17, 15) is 0 Å². The molecule has 0 aliphatic carbocycles. The molecule has 0 fully saturated rings. The Morgan fingerprint density at radius 2 is 2.67 bits per heavy atom. The summed E-state index contributed by atoms with van der Waals surface area (Å²) < 4.78 is 5.99. The zero-order valence-corrected chi connectivity index (χ0v) is 4.55. The van der Waals surface area contributed by atoms with Crippen molar-refractivity contribution < 1.29 is 4.42 Å². The van der Waals surface area contributed by atoms with E-state index >= 15 is 0 Å². The molecule has 2 aliphatic rings. The van der Waals surface area contributed by atoms with Crippen LogP contribution in [0.4, 0.5) is 0 Å². The third-order valence-corrected chi connectivity index (χ3v) is 2.25. The summed E-state index contributed by atoms with van der Waals surface area (Å²) >= 11 is 0.514. The fourth-order valence-electron chi connectivity index (χ4n) is 0.388. The van der Waals surface area contributed by atoms with Gasteiger partial charge in [0, 0.05) is 0 Å². The van der Waals surface area contributed by atoms with Gasteiger partial charge in [0.15, 0.2) is 0 Å². The number of hydrogen-bond acceptors (Lipinski definition) is 2. The first kappa shape index (κ1) is 2.83. The summed E-state index contributed by atoms with van der Waals surface area (Å²) in [7, 11) is 0. The number of hydrogen-bond donors (Lipinski definition) is 0. The molecule has 0 aromatic carbocycles. The third kappa shape index (κ3) is 0.171. The molecule has 1 aromatic rings. The second-order valence-corrected chi connectivity index (χ2v) is 3.09. The van der Waals surface area contributed by atoms with Gasteiger partial charge in [-0.15, -0.1) is 0 Å². The van der Waals surface area contributed by atoms with E-state index in [1.54, 1.807) is 6.26 Å². The van der Waals surface area contributed by atoms with Gasteiger partial charge in [-0.05, 0) is 0 Å². The summed E-state index contributed by atoms with van der Waals surface area (Å²) in [5, 5.41) is 0. The van der Waals surface area contributed by atoms with Crippen molar-refractivity contribution in [3.63, 3.8) is 0 Å². The molecule has 0 saturated carbocycles. The van der Waals surface area contributed by atoms with E-state index in [2.05, 4.69) is 4.98 Å². The fraction of sp³-hybridized carbons (Fsp3) is 0. The summed E-state index contributed by atoms with van der Waals surface area (Å²) in [5.41, 5.74) is 0. The second-order valence-electron chi connectivity index (χ2n) is 1.05. The SMILES string of the molecule is c1oc2nc1[Se]2. The minimum atomic E-state index is 0.514. The van der Waals surface area contributed by atoms with E-state index in [0.29, 0.717) is 15.0 Å². The predicted molar refractivity (Wildman–Crippen MR) is 21.5 cm³/mol. The molecule has 2 aliphatic heterocycles. The van der Waals surface area contributed by atoms with E-state index < -0.39 is 0 Å². The first-order chi connectivity index (χ1) is 2.95. The maximum atomic E-state index is 4.84. The van der Waals surface area contributed by atoms with Crippen molar-refractivity contribution in [3.8, 4) is 0 Å². The van der Waals surface area contributed by atoms with Crippen molar-refractivity contribution in [1.82, 2.24) is 4.98 Å². The van der Waals surface area contributed by atoms with E-state index in [-0.39, 0.29) is 0 Å². The number of fused-ring (bicyclic) bond motifs is 1. The van der Waals surface area contributed by atoms with Crippen LogP contribution in [0, 0.1) is 0 Å². The van der Waals surface area contributed by atoms with Gasteiger partial charge in [0.1, 0.15) is 0 Å². The van der Waals surface area contributed by atoms with Crippen molar-refractivity contribution in [2.75, 3.05) is 0 Å². The molecule has 0 spiro atoms. The Bertz CT molecular complexity index is 147. The van der Waals surface area contributed by atoms with E-state index in [4.69, 9.17) is 4.42 Å². The normalized spacial score (nSPS) is 14.0. The average molecular weight is 146 g/mol. The van der Waals surface area contributed by atoms with E-state index in [1.165, 1.54) is 0 Å². The van der Waals surface area contributed by atoms with Gasteiger partial charge in [0.05, 0.1) is 0 Å². The molecule has 3 heterocycles. The van der Waals surface area contributed by atoms with Gasteiger partial charge in [0.2, 0.25) is 0 Å². The number of nitrogens with zero attached hydrogens (tertiary/aromatic N) is 1. The van der Waals surface area contributed by atoms with Gasteiger partial charge in [-0.25, -0.2) is 0 Å². The summed E-state index contributed by atoms with van der Waals surface area (Å²) in [6.07, 6.45) is 1.72. The Morgan fingerprint density at radius 1 is 1.83 bits per heavy atom. The molecular weight excluding hydrogens is 145 g/mol. The van der Waals surface area contributed by atoms with Crippen LogP contribution in [0.15, 0.2) is 10.7 Å². The number of aromatic nitrogens is 1. The monoisotopic (exact) mass is 147 g/mol. The molecule has 0 amide bonds. The molecule has 2 bridgehead atoms. The quantitative estimate of drug-likeness (QED) is 0.429. The zero-order valence-electron chi connectivity index (χ0n) is 2.84. The van der Waals surface area contributed by atoms with Gasteiger partial charge in [-0.3, -0.25) is 0 Å². The standard InChI is InChI=1S/C3HNOSe/c1-2-4-3(5-1)6-2/h1H. The van der Waals surface area contributed by atoms with Gasteiger partial charge >= 0.3 is 40.0 Å². The first-order valence-electron chi connectivity index (χ1n) is 1.58. The third-order valence-electron chi connectivity index (χ3n) is 0.654. The van der Waals surface area contributed by atoms with Crippen molar-refractivity contribution in [2.45, 2.75) is 0 Å². The predicted octanol–water partition coefficient (Wildman–Crippen LogP) is -1.36. The Kier molecular flexibility index (Phi) is 0.328. The maximum absolute atomic E-state index is 4.84. The molecule has 0 atom stereocenters. The fourth-order valence-corrected chi connectivity index (χ4v) is 1.46. The minimum absolute atomic E-state index is 0.514. The summed E-state index contributed by atoms with van der Waals surface area (Å²) in [6, 6.07) is 0. The Hall–Kier alpha value is -0.271. The van der Waals surface area contributed by atoms with Gasteiger partial charge in [0.25, 0.3) is 0 Å². The average Bonchev–Trinajstić information content (AvgIpc) is 1.72. The Morgan fingerprint density at radius 3 is 2.83 bits per heavy atom. The topological polar surface area (TPSA) is 26.0 Å². The van der Waals surface area contributed by atoms with Gasteiger partial charge < -0.3 is 0 Å². The molecule has 3 heteroatoms. The molecule has 6 heavy (non-hydrogen) atoms. The number of oxazole rings is 1. The van der Waals surface area contributed by atoms with Crippen LogP contribution in [0.25, 0.3) is 0 Å². The van der Waals surface area contributed by atoms with Crippen LogP contribution in [0.1, 0.15) is 0 Å². The van der Waals surface area contributed by atoms with E-state index in [1.807, 2.05) is 0 Å². The van der Waals surface area contributed by atoms with Crippen molar-refractivity contribution in [3.05, 3.63) is 6.26 Å². The molecule has 0 saturated heterocycles. The molecule has 0 N–H and O–H groups in total. The molecule has 1 aromatic heterocycles. The van der Waals surface area contributed by atoms with Crippen LogP contribution in [0.2, 0.25) is 0 Å². The Labute approximate surface area is 40.7 Å². The van der Waals surface area contributed by atoms with Gasteiger partial charge in [-0.1, -0.05) is 0 Å². The Balaban J connectivity index is 2.95. The summed E-state index contributed by atoms with van der Waals surface area (Å²) in [6.45, 7) is 0. The summed E-state index contributed by atoms with van der Waals surface area (Å²) in [4.78, 5) is 4.86. The van der Waals surface area contributed by atoms with Crippen LogP contribution in [0.5, 0.6) is 0 Å². The molecule has 0 unspecified atom stereocenters. The molecule has 3 rings (SSSR count). The van der Waals surface area contributed by atoms with Crippen LogP contribution in [-0.2, 0) is 0 Å². The first-order valence-corrected chi connectivity index (χ1v) is 3.30. The molecule has 0 radical (unpaired) electrons. The zero-order chi connectivity index (χ0) is 3.98. The van der Waals surface area contributed by atoms with Gasteiger partial charge in [-0.2, -0.15) is 0 Å².